The molecule has 7 heteroatoms. The largest absolute Gasteiger partial charge is 0.263 e. The first-order valence-electron chi connectivity index (χ1n) is 9.71. The number of hydrogen-bond donors (Lipinski definition) is 1. The number of hydrogen-bond acceptors (Lipinski definition) is 4. The van der Waals surface area contributed by atoms with Crippen molar-refractivity contribution in [1.29, 1.82) is 0 Å². The summed E-state index contributed by atoms with van der Waals surface area (Å²) in [6.07, 6.45) is 0. The van der Waals surface area contributed by atoms with Gasteiger partial charge in [0, 0.05) is 11.1 Å². The van der Waals surface area contributed by atoms with Crippen LogP contribution in [0.25, 0.3) is 16.7 Å². The van der Waals surface area contributed by atoms with Crippen molar-refractivity contribution in [3.05, 3.63) is 78.0 Å². The first-order chi connectivity index (χ1) is 14.2. The Bertz CT molecular complexity index is 1320. The maximum absolute atomic E-state index is 12.9. The minimum absolute atomic E-state index is 0.154. The summed E-state index contributed by atoms with van der Waals surface area (Å²) < 4.78 is 30.2. The molecule has 0 saturated carbocycles. The van der Waals surface area contributed by atoms with Crippen molar-refractivity contribution in [3.63, 3.8) is 0 Å². The van der Waals surface area contributed by atoms with Gasteiger partial charge in [-0.05, 0) is 42.8 Å². The van der Waals surface area contributed by atoms with Crippen LogP contribution in [0.15, 0.2) is 71.6 Å². The van der Waals surface area contributed by atoms with E-state index in [-0.39, 0.29) is 16.1 Å². The van der Waals surface area contributed by atoms with E-state index in [1.165, 1.54) is 0 Å². The Labute approximate surface area is 176 Å². The topological polar surface area (TPSA) is 76.9 Å². The summed E-state index contributed by atoms with van der Waals surface area (Å²) in [5, 5.41) is 5.26. The van der Waals surface area contributed by atoms with Gasteiger partial charge in [-0.15, -0.1) is 5.10 Å². The first-order valence-corrected chi connectivity index (χ1v) is 11.2. The van der Waals surface area contributed by atoms with Gasteiger partial charge in [-0.3, -0.25) is 4.72 Å². The maximum atomic E-state index is 12.9. The van der Waals surface area contributed by atoms with Crippen molar-refractivity contribution in [3.8, 4) is 5.69 Å². The highest BCUT2D eigenvalue weighted by Crippen LogP contribution is 2.30. The minimum atomic E-state index is -3.78. The molecule has 0 bridgehead atoms. The zero-order chi connectivity index (χ0) is 21.5. The molecule has 30 heavy (non-hydrogen) atoms. The molecule has 2 heterocycles. The second kappa shape index (κ2) is 7.25. The lowest BCUT2D eigenvalue weighted by atomic mass is 9.91. The van der Waals surface area contributed by atoms with Crippen LogP contribution in [0.3, 0.4) is 0 Å². The lowest BCUT2D eigenvalue weighted by molar-refractivity contribution is 0.570. The van der Waals surface area contributed by atoms with Crippen LogP contribution in [0.1, 0.15) is 32.0 Å². The van der Waals surface area contributed by atoms with Gasteiger partial charge in [-0.25, -0.2) is 18.1 Å². The molecule has 2 aromatic carbocycles. The highest BCUT2D eigenvalue weighted by atomic mass is 32.2. The molecule has 0 atom stereocenters. The number of fused-ring (bicyclic) bond motifs is 1. The Morgan fingerprint density at radius 1 is 0.900 bits per heavy atom. The second-order valence-electron chi connectivity index (χ2n) is 8.28. The molecule has 4 rings (SSSR count). The average Bonchev–Trinajstić information content (AvgIpc) is 3.05. The van der Waals surface area contributed by atoms with Gasteiger partial charge in [0.05, 0.1) is 16.0 Å². The third-order valence-electron chi connectivity index (χ3n) is 4.93. The first kappa shape index (κ1) is 20.1. The lowest BCUT2D eigenvalue weighted by Crippen LogP contribution is -2.14. The normalized spacial score (nSPS) is 12.3. The van der Waals surface area contributed by atoms with Gasteiger partial charge < -0.3 is 0 Å². The van der Waals surface area contributed by atoms with Gasteiger partial charge in [0.15, 0.2) is 11.5 Å². The van der Waals surface area contributed by atoms with Gasteiger partial charge in [0.2, 0.25) is 0 Å². The van der Waals surface area contributed by atoms with Crippen LogP contribution in [-0.4, -0.2) is 23.2 Å². The molecule has 0 unspecified atom stereocenters. The predicted molar refractivity (Wildman–Crippen MR) is 120 cm³/mol. The fourth-order valence-electron chi connectivity index (χ4n) is 3.24. The van der Waals surface area contributed by atoms with E-state index in [4.69, 9.17) is 4.98 Å². The standard InChI is InChI=1S/C23H24N4O2S/c1-16-10-8-9-13-19(16)27-22-18(14-15-20(24-22)23(2,3)4)21(25-27)26-30(28,29)17-11-6-5-7-12-17/h5-15H,1-4H3,(H,25,26). The third-order valence-corrected chi connectivity index (χ3v) is 6.28. The van der Waals surface area contributed by atoms with Crippen LogP contribution in [-0.2, 0) is 15.4 Å². The predicted octanol–water partition coefficient (Wildman–Crippen LogP) is 4.83. The molecule has 0 aliphatic rings. The van der Waals surface area contributed by atoms with E-state index in [1.54, 1.807) is 35.0 Å². The molecule has 1 N–H and O–H groups in total. The summed E-state index contributed by atoms with van der Waals surface area (Å²) in [5.41, 5.74) is 3.23. The quantitative estimate of drug-likeness (QED) is 0.513. The van der Waals surface area contributed by atoms with Gasteiger partial charge >= 0.3 is 0 Å². The van der Waals surface area contributed by atoms with Crippen molar-refractivity contribution in [2.24, 2.45) is 0 Å². The molecule has 0 spiro atoms. The van der Waals surface area contributed by atoms with Gasteiger partial charge in [0.25, 0.3) is 10.0 Å². The summed E-state index contributed by atoms with van der Waals surface area (Å²) in [4.78, 5) is 5.04. The number of para-hydroxylation sites is 1. The molecule has 0 aliphatic heterocycles. The van der Waals surface area contributed by atoms with Crippen LogP contribution in [0, 0.1) is 6.92 Å². The SMILES string of the molecule is Cc1ccccc1-n1nc(NS(=O)(=O)c2ccccc2)c2ccc(C(C)(C)C)nc21. The van der Waals surface area contributed by atoms with Crippen LogP contribution < -0.4 is 4.72 Å². The van der Waals surface area contributed by atoms with Crippen LogP contribution in [0.5, 0.6) is 0 Å². The maximum Gasteiger partial charge on any atom is 0.263 e. The third kappa shape index (κ3) is 3.68. The Morgan fingerprint density at radius 3 is 2.23 bits per heavy atom. The molecule has 4 aromatic rings. The summed E-state index contributed by atoms with van der Waals surface area (Å²) in [6, 6.07) is 19.9. The Balaban J connectivity index is 1.92. The number of nitrogens with zero attached hydrogens (tertiary/aromatic N) is 3. The van der Waals surface area contributed by atoms with Crippen LogP contribution in [0.4, 0.5) is 5.82 Å². The Kier molecular flexibility index (Phi) is 4.86. The highest BCUT2D eigenvalue weighted by Gasteiger charge is 2.23. The van der Waals surface area contributed by atoms with Crippen molar-refractivity contribution in [1.82, 2.24) is 14.8 Å². The lowest BCUT2D eigenvalue weighted by Gasteiger charge is -2.17. The average molecular weight is 421 g/mol. The number of nitrogens with one attached hydrogen (secondary N) is 1. The highest BCUT2D eigenvalue weighted by molar-refractivity contribution is 7.92. The summed E-state index contributed by atoms with van der Waals surface area (Å²) in [6.45, 7) is 8.27. The van der Waals surface area contributed by atoms with Crippen molar-refractivity contribution in [2.75, 3.05) is 4.72 Å². The number of rotatable bonds is 4. The fourth-order valence-corrected chi connectivity index (χ4v) is 4.28. The molecule has 2 aromatic heterocycles. The minimum Gasteiger partial charge on any atom is -0.261 e. The molecule has 0 fully saturated rings. The van der Waals surface area contributed by atoms with Gasteiger partial charge in [-0.1, -0.05) is 57.2 Å². The molecule has 0 radical (unpaired) electrons. The summed E-state index contributed by atoms with van der Waals surface area (Å²) in [5.74, 6) is 0.255. The zero-order valence-corrected chi connectivity index (χ0v) is 18.2. The smallest absolute Gasteiger partial charge is 0.261 e. The number of aromatic nitrogens is 3. The van der Waals surface area contributed by atoms with Crippen LogP contribution >= 0.6 is 0 Å². The molecule has 6 nitrogen and oxygen atoms in total. The molecular formula is C23H24N4O2S. The van der Waals surface area contributed by atoms with Gasteiger partial charge in [-0.2, -0.15) is 0 Å². The van der Waals surface area contributed by atoms with E-state index >= 15 is 0 Å². The summed E-state index contributed by atoms with van der Waals surface area (Å²) >= 11 is 0. The van der Waals surface area contributed by atoms with Crippen molar-refractivity contribution < 1.29 is 8.42 Å². The van der Waals surface area contributed by atoms with Crippen molar-refractivity contribution in [2.45, 2.75) is 38.0 Å². The van der Waals surface area contributed by atoms with Gasteiger partial charge in [0.1, 0.15) is 0 Å². The van der Waals surface area contributed by atoms with E-state index < -0.39 is 10.0 Å². The molecular weight excluding hydrogens is 396 g/mol. The zero-order valence-electron chi connectivity index (χ0n) is 17.4. The number of sulfonamides is 1. The van der Waals surface area contributed by atoms with E-state index in [0.717, 1.165) is 16.9 Å². The number of aryl methyl sites for hydroxylation is 1. The van der Waals surface area contributed by atoms with E-state index in [1.807, 2.05) is 43.3 Å². The fraction of sp³-hybridized carbons (Fsp3) is 0.217. The Hall–Kier alpha value is -3.19. The molecule has 0 saturated heterocycles. The summed E-state index contributed by atoms with van der Waals surface area (Å²) in [7, 11) is -3.78. The van der Waals surface area contributed by atoms with E-state index in [2.05, 4.69) is 30.6 Å². The molecule has 0 amide bonds. The van der Waals surface area contributed by atoms with E-state index in [0.29, 0.717) is 11.0 Å². The number of anilines is 1. The molecule has 0 aliphatic carbocycles. The van der Waals surface area contributed by atoms with Crippen molar-refractivity contribution >= 4 is 26.9 Å². The molecule has 154 valence electrons. The van der Waals surface area contributed by atoms with Crippen LogP contribution in [0.2, 0.25) is 0 Å². The number of pyridine rings is 1. The monoisotopic (exact) mass is 420 g/mol. The van der Waals surface area contributed by atoms with E-state index in [9.17, 15) is 8.42 Å². The second-order valence-corrected chi connectivity index (χ2v) is 9.97. The Morgan fingerprint density at radius 2 is 1.57 bits per heavy atom. The number of benzene rings is 2.